The summed E-state index contributed by atoms with van der Waals surface area (Å²) in [5, 5.41) is 6.17. The van der Waals surface area contributed by atoms with Crippen LogP contribution in [0, 0.1) is 13.8 Å². The number of hydrogen-bond donors (Lipinski definition) is 2. The maximum Gasteiger partial charge on any atom is 0.274 e. The zero-order valence-corrected chi connectivity index (χ0v) is 14.0. The van der Waals surface area contributed by atoms with Gasteiger partial charge in [-0.3, -0.25) is 4.79 Å². The van der Waals surface area contributed by atoms with Gasteiger partial charge in [0, 0.05) is 18.3 Å². The Morgan fingerprint density at radius 1 is 1.13 bits per heavy atom. The summed E-state index contributed by atoms with van der Waals surface area (Å²) in [6.45, 7) is 6.97. The lowest BCUT2D eigenvalue weighted by Crippen LogP contribution is -2.16. The summed E-state index contributed by atoms with van der Waals surface area (Å²) < 4.78 is 0. The molecular formula is C18H24N4O. The molecule has 0 aliphatic rings. The Hall–Kier alpha value is -2.43. The second kappa shape index (κ2) is 8.27. The maximum atomic E-state index is 12.4. The molecule has 1 aromatic heterocycles. The predicted octanol–water partition coefficient (Wildman–Crippen LogP) is 3.95. The Bertz CT molecular complexity index is 650. The van der Waals surface area contributed by atoms with Gasteiger partial charge in [-0.2, -0.15) is 0 Å². The van der Waals surface area contributed by atoms with E-state index in [-0.39, 0.29) is 5.91 Å². The van der Waals surface area contributed by atoms with E-state index in [1.807, 2.05) is 32.0 Å². The summed E-state index contributed by atoms with van der Waals surface area (Å²) >= 11 is 0. The largest absolute Gasteiger partial charge is 0.370 e. The molecule has 0 bridgehead atoms. The Morgan fingerprint density at radius 2 is 1.87 bits per heavy atom. The van der Waals surface area contributed by atoms with Gasteiger partial charge in [-0.15, -0.1) is 0 Å². The van der Waals surface area contributed by atoms with Crippen LogP contribution in [0.5, 0.6) is 0 Å². The number of anilines is 2. The van der Waals surface area contributed by atoms with Gasteiger partial charge >= 0.3 is 0 Å². The first kappa shape index (κ1) is 16.9. The van der Waals surface area contributed by atoms with Crippen LogP contribution in [0.2, 0.25) is 0 Å². The van der Waals surface area contributed by atoms with Crippen LogP contribution in [0.25, 0.3) is 0 Å². The van der Waals surface area contributed by atoms with Crippen molar-refractivity contribution in [3.05, 3.63) is 47.4 Å². The van der Waals surface area contributed by atoms with E-state index in [1.54, 1.807) is 6.07 Å². The lowest BCUT2D eigenvalue weighted by Gasteiger charge is -2.11. The molecule has 1 heterocycles. The number of aryl methyl sites for hydroxylation is 2. The molecule has 0 unspecified atom stereocenters. The fourth-order valence-electron chi connectivity index (χ4n) is 2.36. The van der Waals surface area contributed by atoms with Crippen molar-refractivity contribution in [3.63, 3.8) is 0 Å². The smallest absolute Gasteiger partial charge is 0.274 e. The van der Waals surface area contributed by atoms with Gasteiger partial charge < -0.3 is 10.6 Å². The summed E-state index contributed by atoms with van der Waals surface area (Å²) in [6.07, 6.45) is 4.86. The lowest BCUT2D eigenvalue weighted by molar-refractivity contribution is 0.102. The predicted molar refractivity (Wildman–Crippen MR) is 93.9 cm³/mol. The van der Waals surface area contributed by atoms with Gasteiger partial charge in [0.05, 0.1) is 0 Å². The van der Waals surface area contributed by atoms with E-state index < -0.39 is 0 Å². The number of carbonyl (C=O) groups is 1. The number of para-hydroxylation sites is 1. The van der Waals surface area contributed by atoms with Crippen LogP contribution in [0.1, 0.15) is 47.8 Å². The van der Waals surface area contributed by atoms with Crippen molar-refractivity contribution in [2.24, 2.45) is 0 Å². The van der Waals surface area contributed by atoms with E-state index in [0.717, 1.165) is 29.8 Å². The van der Waals surface area contributed by atoms with E-state index >= 15 is 0 Å². The Kier molecular flexibility index (Phi) is 6.09. The number of hydrogen-bond acceptors (Lipinski definition) is 4. The van der Waals surface area contributed by atoms with Gasteiger partial charge in [0.2, 0.25) is 0 Å². The molecule has 0 fully saturated rings. The van der Waals surface area contributed by atoms with Crippen LogP contribution in [-0.4, -0.2) is 22.4 Å². The molecule has 0 aliphatic carbocycles. The molecule has 0 saturated heterocycles. The molecule has 0 spiro atoms. The second-order valence-electron chi connectivity index (χ2n) is 5.64. The standard InChI is InChI=1S/C18H24N4O/c1-4-5-6-10-19-16-11-15(20-12-21-16)18(23)22-17-13(2)8-7-9-14(17)3/h7-9,11-12H,4-6,10H2,1-3H3,(H,22,23)(H,19,20,21). The monoisotopic (exact) mass is 312 g/mol. The molecule has 2 aromatic rings. The minimum Gasteiger partial charge on any atom is -0.370 e. The van der Waals surface area contributed by atoms with E-state index in [0.29, 0.717) is 11.5 Å². The van der Waals surface area contributed by atoms with Crippen molar-refractivity contribution >= 4 is 17.4 Å². The van der Waals surface area contributed by atoms with Crippen LogP contribution in [0.4, 0.5) is 11.5 Å². The Balaban J connectivity index is 2.05. The first-order chi connectivity index (χ1) is 11.1. The molecule has 1 aromatic carbocycles. The highest BCUT2D eigenvalue weighted by Gasteiger charge is 2.11. The second-order valence-corrected chi connectivity index (χ2v) is 5.64. The highest BCUT2D eigenvalue weighted by molar-refractivity contribution is 6.04. The summed E-state index contributed by atoms with van der Waals surface area (Å²) in [5.41, 5.74) is 3.27. The lowest BCUT2D eigenvalue weighted by atomic mass is 10.1. The minimum absolute atomic E-state index is 0.221. The van der Waals surface area contributed by atoms with Crippen molar-refractivity contribution in [2.45, 2.75) is 40.0 Å². The van der Waals surface area contributed by atoms with Gasteiger partial charge in [-0.05, 0) is 31.4 Å². The third-order valence-corrected chi connectivity index (χ3v) is 3.71. The van der Waals surface area contributed by atoms with Gasteiger partial charge in [-0.1, -0.05) is 38.0 Å². The van der Waals surface area contributed by atoms with Gasteiger partial charge in [0.15, 0.2) is 0 Å². The fraction of sp³-hybridized carbons (Fsp3) is 0.389. The number of amides is 1. The number of rotatable bonds is 7. The Labute approximate surface area is 137 Å². The quantitative estimate of drug-likeness (QED) is 0.760. The summed E-state index contributed by atoms with van der Waals surface area (Å²) in [4.78, 5) is 20.7. The van der Waals surface area contributed by atoms with Crippen LogP contribution >= 0.6 is 0 Å². The fourth-order valence-corrected chi connectivity index (χ4v) is 2.36. The number of carbonyl (C=O) groups excluding carboxylic acids is 1. The van der Waals surface area contributed by atoms with E-state index in [4.69, 9.17) is 0 Å². The topological polar surface area (TPSA) is 66.9 Å². The molecule has 0 saturated carbocycles. The maximum absolute atomic E-state index is 12.4. The van der Waals surface area contributed by atoms with Crippen molar-refractivity contribution in [1.29, 1.82) is 0 Å². The molecule has 122 valence electrons. The molecule has 23 heavy (non-hydrogen) atoms. The molecule has 0 atom stereocenters. The zero-order valence-electron chi connectivity index (χ0n) is 14.0. The normalized spacial score (nSPS) is 10.4. The van der Waals surface area contributed by atoms with E-state index in [2.05, 4.69) is 27.5 Å². The average Bonchev–Trinajstić information content (AvgIpc) is 2.55. The zero-order chi connectivity index (χ0) is 16.7. The highest BCUT2D eigenvalue weighted by Crippen LogP contribution is 2.20. The summed E-state index contributed by atoms with van der Waals surface area (Å²) in [7, 11) is 0. The minimum atomic E-state index is -0.221. The highest BCUT2D eigenvalue weighted by atomic mass is 16.1. The molecule has 0 aliphatic heterocycles. The molecule has 1 amide bonds. The third kappa shape index (κ3) is 4.77. The average molecular weight is 312 g/mol. The van der Waals surface area contributed by atoms with Crippen LogP contribution in [0.15, 0.2) is 30.6 Å². The number of unbranched alkanes of at least 4 members (excludes halogenated alkanes) is 2. The van der Waals surface area contributed by atoms with Crippen molar-refractivity contribution < 1.29 is 4.79 Å². The first-order valence-corrected chi connectivity index (χ1v) is 8.05. The van der Waals surface area contributed by atoms with Crippen molar-refractivity contribution in [1.82, 2.24) is 9.97 Å². The van der Waals surface area contributed by atoms with Gasteiger partial charge in [-0.25, -0.2) is 9.97 Å². The number of benzene rings is 1. The summed E-state index contributed by atoms with van der Waals surface area (Å²) in [6, 6.07) is 7.62. The number of nitrogens with one attached hydrogen (secondary N) is 2. The van der Waals surface area contributed by atoms with E-state index in [1.165, 1.54) is 19.2 Å². The molecule has 5 heteroatoms. The van der Waals surface area contributed by atoms with Gasteiger partial charge in [0.25, 0.3) is 5.91 Å². The molecule has 0 radical (unpaired) electrons. The van der Waals surface area contributed by atoms with Crippen molar-refractivity contribution in [3.8, 4) is 0 Å². The third-order valence-electron chi connectivity index (χ3n) is 3.71. The molecule has 2 N–H and O–H groups in total. The van der Waals surface area contributed by atoms with Crippen LogP contribution in [-0.2, 0) is 0 Å². The SMILES string of the molecule is CCCCCNc1cc(C(=O)Nc2c(C)cccc2C)ncn1. The van der Waals surface area contributed by atoms with Gasteiger partial charge in [0.1, 0.15) is 17.8 Å². The molecule has 2 rings (SSSR count). The molecular weight excluding hydrogens is 288 g/mol. The van der Waals surface area contributed by atoms with E-state index in [9.17, 15) is 4.79 Å². The summed E-state index contributed by atoms with van der Waals surface area (Å²) in [5.74, 6) is 0.462. The number of aromatic nitrogens is 2. The number of nitrogens with zero attached hydrogens (tertiary/aromatic N) is 2. The van der Waals surface area contributed by atoms with Crippen LogP contribution in [0.3, 0.4) is 0 Å². The molecule has 5 nitrogen and oxygen atoms in total. The van der Waals surface area contributed by atoms with Crippen molar-refractivity contribution in [2.75, 3.05) is 17.2 Å². The Morgan fingerprint density at radius 3 is 2.57 bits per heavy atom. The van der Waals surface area contributed by atoms with Crippen LogP contribution < -0.4 is 10.6 Å². The first-order valence-electron chi connectivity index (χ1n) is 8.05.